The molecule has 0 radical (unpaired) electrons. The van der Waals surface area contributed by atoms with Crippen LogP contribution in [-0.2, 0) is 14.8 Å². The Hall–Kier alpha value is -4.00. The highest BCUT2D eigenvalue weighted by molar-refractivity contribution is 7.99. The minimum atomic E-state index is -3.80. The zero-order valence-electron chi connectivity index (χ0n) is 20.8. The van der Waals surface area contributed by atoms with Gasteiger partial charge in [0, 0.05) is 29.0 Å². The molecule has 3 aromatic carbocycles. The number of amides is 1. The molecule has 0 saturated carbocycles. The minimum Gasteiger partial charge on any atom is -0.332 e. The molecule has 0 bridgehead atoms. The van der Waals surface area contributed by atoms with Crippen LogP contribution in [0.2, 0.25) is 0 Å². The van der Waals surface area contributed by atoms with Gasteiger partial charge in [0.15, 0.2) is 5.16 Å². The molecule has 2 aromatic heterocycles. The molecule has 0 unspecified atom stereocenters. The maximum absolute atomic E-state index is 12.6. The van der Waals surface area contributed by atoms with Gasteiger partial charge in [-0.2, -0.15) is 0 Å². The Kier molecular flexibility index (Phi) is 8.05. The highest BCUT2D eigenvalue weighted by atomic mass is 32.2. The second kappa shape index (κ2) is 11.8. The number of hydrogen-bond donors (Lipinski definition) is 3. The molecule has 0 fully saturated rings. The number of thioether (sulfide) groups is 1. The van der Waals surface area contributed by atoms with Gasteiger partial charge >= 0.3 is 0 Å². The fourth-order valence-electron chi connectivity index (χ4n) is 3.73. The number of anilines is 2. The monoisotopic (exact) mass is 576 g/mol. The SMILES string of the molecule is Cc1nnc(NS(=O)(=O)c2ccc(NC(=O)CCSc3nc(-c4ccccc4)c(-c4ccccc4)[nH]3)cc2)s1. The summed E-state index contributed by atoms with van der Waals surface area (Å²) in [5.74, 6) is 0.332. The maximum Gasteiger partial charge on any atom is 0.263 e. The van der Waals surface area contributed by atoms with E-state index in [0.717, 1.165) is 39.0 Å². The van der Waals surface area contributed by atoms with Gasteiger partial charge in [-0.05, 0) is 31.2 Å². The topological polar surface area (TPSA) is 130 Å². The predicted octanol–water partition coefficient (Wildman–Crippen LogP) is 5.83. The number of nitrogens with zero attached hydrogens (tertiary/aromatic N) is 3. The van der Waals surface area contributed by atoms with Crippen molar-refractivity contribution >= 4 is 49.8 Å². The normalized spacial score (nSPS) is 11.3. The van der Waals surface area contributed by atoms with Crippen LogP contribution >= 0.6 is 23.1 Å². The van der Waals surface area contributed by atoms with Crippen molar-refractivity contribution in [1.82, 2.24) is 20.2 Å². The number of rotatable bonds is 10. The Balaban J connectivity index is 1.19. The number of imidazole rings is 1. The molecule has 0 aliphatic carbocycles. The van der Waals surface area contributed by atoms with E-state index in [1.54, 1.807) is 19.1 Å². The van der Waals surface area contributed by atoms with Crippen molar-refractivity contribution in [2.45, 2.75) is 23.4 Å². The van der Waals surface area contributed by atoms with Crippen molar-refractivity contribution in [3.63, 3.8) is 0 Å². The van der Waals surface area contributed by atoms with Gasteiger partial charge in [0.2, 0.25) is 11.0 Å². The highest BCUT2D eigenvalue weighted by Crippen LogP contribution is 2.32. The summed E-state index contributed by atoms with van der Waals surface area (Å²) >= 11 is 2.62. The van der Waals surface area contributed by atoms with Crippen LogP contribution in [0.5, 0.6) is 0 Å². The number of sulfonamides is 1. The Morgan fingerprint density at radius 2 is 1.59 bits per heavy atom. The molecular weight excluding hydrogens is 553 g/mol. The molecule has 1 amide bonds. The Bertz CT molecular complexity index is 1610. The quantitative estimate of drug-likeness (QED) is 0.179. The highest BCUT2D eigenvalue weighted by Gasteiger charge is 2.17. The van der Waals surface area contributed by atoms with Crippen molar-refractivity contribution in [2.24, 2.45) is 0 Å². The van der Waals surface area contributed by atoms with Crippen LogP contribution in [0.15, 0.2) is 95.0 Å². The number of benzene rings is 3. The van der Waals surface area contributed by atoms with Crippen LogP contribution in [0.4, 0.5) is 10.8 Å². The second-order valence-corrected chi connectivity index (χ2v) is 12.3. The fraction of sp³-hybridized carbons (Fsp3) is 0.111. The standard InChI is InChI=1S/C27H24N6O3S3/c1-18-31-32-27(38-18)33-39(35,36)22-14-12-21(13-15-22)28-23(34)16-17-37-26-29-24(19-8-4-2-5-9-19)25(30-26)20-10-6-3-7-11-20/h2-15H,16-17H2,1H3,(H,28,34)(H,29,30)(H,32,33). The number of aromatic nitrogens is 4. The van der Waals surface area contributed by atoms with E-state index in [9.17, 15) is 13.2 Å². The lowest BCUT2D eigenvalue weighted by Crippen LogP contribution is -2.14. The third-order valence-electron chi connectivity index (χ3n) is 5.56. The predicted molar refractivity (Wildman–Crippen MR) is 155 cm³/mol. The lowest BCUT2D eigenvalue weighted by molar-refractivity contribution is -0.115. The van der Waals surface area contributed by atoms with Gasteiger partial charge in [-0.25, -0.2) is 13.4 Å². The molecule has 2 heterocycles. The van der Waals surface area contributed by atoms with E-state index in [4.69, 9.17) is 4.98 Å². The van der Waals surface area contributed by atoms with Gasteiger partial charge in [0.1, 0.15) is 5.01 Å². The van der Waals surface area contributed by atoms with Crippen molar-refractivity contribution in [2.75, 3.05) is 15.8 Å². The van der Waals surface area contributed by atoms with Gasteiger partial charge in [-0.3, -0.25) is 9.52 Å². The molecule has 0 aliphatic heterocycles. The summed E-state index contributed by atoms with van der Waals surface area (Å²) < 4.78 is 27.5. The molecule has 39 heavy (non-hydrogen) atoms. The Labute approximate surface area is 234 Å². The average molecular weight is 577 g/mol. The minimum absolute atomic E-state index is 0.0603. The summed E-state index contributed by atoms with van der Waals surface area (Å²) in [6, 6.07) is 25.9. The van der Waals surface area contributed by atoms with E-state index in [1.807, 2.05) is 60.7 Å². The maximum atomic E-state index is 12.6. The number of carbonyl (C=O) groups is 1. The zero-order chi connectivity index (χ0) is 27.2. The summed E-state index contributed by atoms with van der Waals surface area (Å²) in [4.78, 5) is 20.8. The first-order valence-electron chi connectivity index (χ1n) is 11.9. The molecule has 5 aromatic rings. The summed E-state index contributed by atoms with van der Waals surface area (Å²) in [5, 5.41) is 12.0. The number of hydrogen-bond acceptors (Lipinski definition) is 8. The first-order valence-corrected chi connectivity index (χ1v) is 15.2. The Morgan fingerprint density at radius 3 is 2.23 bits per heavy atom. The summed E-state index contributed by atoms with van der Waals surface area (Å²) in [5.41, 5.74) is 4.34. The molecule has 0 atom stereocenters. The Morgan fingerprint density at radius 1 is 0.923 bits per heavy atom. The molecule has 0 aliphatic rings. The van der Waals surface area contributed by atoms with Crippen molar-refractivity contribution in [1.29, 1.82) is 0 Å². The molecule has 0 saturated heterocycles. The van der Waals surface area contributed by atoms with E-state index >= 15 is 0 Å². The van der Waals surface area contributed by atoms with Crippen LogP contribution in [-0.4, -0.2) is 40.2 Å². The summed E-state index contributed by atoms with van der Waals surface area (Å²) in [6.45, 7) is 1.74. The number of nitrogens with one attached hydrogen (secondary N) is 3. The second-order valence-electron chi connectivity index (χ2n) is 8.40. The van der Waals surface area contributed by atoms with Gasteiger partial charge < -0.3 is 10.3 Å². The molecule has 3 N–H and O–H groups in total. The van der Waals surface area contributed by atoms with Gasteiger partial charge in [-0.1, -0.05) is 83.8 Å². The third-order valence-corrected chi connectivity index (χ3v) is 8.67. The molecule has 12 heteroatoms. The largest absolute Gasteiger partial charge is 0.332 e. The number of aryl methyl sites for hydroxylation is 1. The lowest BCUT2D eigenvalue weighted by atomic mass is 10.1. The molecular formula is C27H24N6O3S3. The smallest absolute Gasteiger partial charge is 0.263 e. The molecule has 9 nitrogen and oxygen atoms in total. The molecule has 0 spiro atoms. The van der Waals surface area contributed by atoms with E-state index in [-0.39, 0.29) is 22.4 Å². The van der Waals surface area contributed by atoms with E-state index in [0.29, 0.717) is 16.4 Å². The number of aromatic amines is 1. The van der Waals surface area contributed by atoms with Crippen LogP contribution in [0.25, 0.3) is 22.5 Å². The van der Waals surface area contributed by atoms with Crippen LogP contribution < -0.4 is 10.0 Å². The van der Waals surface area contributed by atoms with E-state index < -0.39 is 10.0 Å². The summed E-state index contributed by atoms with van der Waals surface area (Å²) in [6.07, 6.45) is 0.255. The van der Waals surface area contributed by atoms with Gasteiger partial charge in [0.05, 0.1) is 16.3 Å². The first-order chi connectivity index (χ1) is 18.9. The average Bonchev–Trinajstić information content (AvgIpc) is 3.55. The zero-order valence-corrected chi connectivity index (χ0v) is 23.2. The van der Waals surface area contributed by atoms with E-state index in [2.05, 4.69) is 25.2 Å². The number of H-pyrrole nitrogens is 1. The van der Waals surface area contributed by atoms with Crippen LogP contribution in [0, 0.1) is 6.92 Å². The van der Waals surface area contributed by atoms with Crippen LogP contribution in [0.1, 0.15) is 11.4 Å². The fourth-order valence-corrected chi connectivity index (χ4v) is 6.36. The van der Waals surface area contributed by atoms with Crippen molar-refractivity contribution in [3.05, 3.63) is 89.9 Å². The van der Waals surface area contributed by atoms with Gasteiger partial charge in [-0.15, -0.1) is 10.2 Å². The summed E-state index contributed by atoms with van der Waals surface area (Å²) in [7, 11) is -3.80. The lowest BCUT2D eigenvalue weighted by Gasteiger charge is -2.07. The third kappa shape index (κ3) is 6.72. The number of carbonyl (C=O) groups excluding carboxylic acids is 1. The van der Waals surface area contributed by atoms with Crippen LogP contribution in [0.3, 0.4) is 0 Å². The molecule has 5 rings (SSSR count). The molecule has 198 valence electrons. The van der Waals surface area contributed by atoms with E-state index in [1.165, 1.54) is 23.9 Å². The van der Waals surface area contributed by atoms with Gasteiger partial charge in [0.25, 0.3) is 10.0 Å². The van der Waals surface area contributed by atoms with Crippen molar-refractivity contribution in [3.8, 4) is 22.5 Å². The van der Waals surface area contributed by atoms with Crippen molar-refractivity contribution < 1.29 is 13.2 Å². The first kappa shape index (κ1) is 26.6.